The lowest BCUT2D eigenvalue weighted by molar-refractivity contribution is 0.413. The molecular formula is C27H28F2N6O2. The molecule has 10 heteroatoms. The lowest BCUT2D eigenvalue weighted by Gasteiger charge is -2.30. The first-order valence-electron chi connectivity index (χ1n) is 12.1. The number of hydrogen-bond acceptors (Lipinski definition) is 7. The highest BCUT2D eigenvalue weighted by atomic mass is 19.1. The van der Waals surface area contributed by atoms with Crippen LogP contribution < -0.4 is 25.7 Å². The lowest BCUT2D eigenvalue weighted by atomic mass is 10.1. The normalized spacial score (nSPS) is 13.8. The van der Waals surface area contributed by atoms with Gasteiger partial charge in [-0.05, 0) is 38.1 Å². The Kier molecular flexibility index (Phi) is 6.75. The van der Waals surface area contributed by atoms with Gasteiger partial charge in [0.15, 0.2) is 11.2 Å². The Morgan fingerprint density at radius 3 is 2.59 bits per heavy atom. The van der Waals surface area contributed by atoms with Crippen LogP contribution in [0, 0.1) is 11.6 Å². The molecule has 2 N–H and O–H groups in total. The van der Waals surface area contributed by atoms with Crippen molar-refractivity contribution >= 4 is 28.2 Å². The third-order valence-electron chi connectivity index (χ3n) is 6.45. The molecule has 0 aliphatic carbocycles. The second-order valence-electron chi connectivity index (χ2n) is 9.17. The van der Waals surface area contributed by atoms with Crippen LogP contribution in [0.1, 0.15) is 19.9 Å². The topological polar surface area (TPSA) is 84.3 Å². The third-order valence-corrected chi connectivity index (χ3v) is 6.45. The molecule has 8 nitrogen and oxygen atoms in total. The number of halogens is 2. The van der Waals surface area contributed by atoms with Gasteiger partial charge in [-0.3, -0.25) is 4.79 Å². The summed E-state index contributed by atoms with van der Waals surface area (Å²) >= 11 is 0. The highest BCUT2D eigenvalue weighted by Crippen LogP contribution is 2.33. The van der Waals surface area contributed by atoms with Crippen LogP contribution in [0.3, 0.4) is 0 Å². The lowest BCUT2D eigenvalue weighted by Crippen LogP contribution is -2.43. The van der Waals surface area contributed by atoms with Crippen molar-refractivity contribution < 1.29 is 13.5 Å². The van der Waals surface area contributed by atoms with Crippen molar-refractivity contribution in [1.29, 1.82) is 0 Å². The smallest absolute Gasteiger partial charge is 0.227 e. The summed E-state index contributed by atoms with van der Waals surface area (Å²) in [6.45, 7) is 7.39. The molecule has 192 valence electrons. The summed E-state index contributed by atoms with van der Waals surface area (Å²) in [4.78, 5) is 23.0. The zero-order valence-electron chi connectivity index (χ0n) is 20.9. The molecule has 1 aliphatic rings. The minimum atomic E-state index is -0.728. The van der Waals surface area contributed by atoms with Crippen molar-refractivity contribution in [2.45, 2.75) is 19.9 Å². The van der Waals surface area contributed by atoms with Crippen LogP contribution >= 0.6 is 0 Å². The predicted molar refractivity (Wildman–Crippen MR) is 141 cm³/mol. The number of fused-ring (bicyclic) bond motifs is 1. The largest absolute Gasteiger partial charge is 0.495 e. The summed E-state index contributed by atoms with van der Waals surface area (Å²) in [5.41, 5.74) is 1.72. The average molecular weight is 507 g/mol. The fourth-order valence-electron chi connectivity index (χ4n) is 4.62. The van der Waals surface area contributed by atoms with E-state index in [1.807, 2.05) is 32.0 Å². The molecule has 5 rings (SSSR count). The van der Waals surface area contributed by atoms with E-state index in [1.54, 1.807) is 23.9 Å². The van der Waals surface area contributed by atoms with Crippen LogP contribution in [0.25, 0.3) is 22.2 Å². The zero-order valence-corrected chi connectivity index (χ0v) is 20.9. The maximum absolute atomic E-state index is 15.1. The van der Waals surface area contributed by atoms with Crippen molar-refractivity contribution in [2.75, 3.05) is 43.5 Å². The van der Waals surface area contributed by atoms with E-state index < -0.39 is 17.1 Å². The van der Waals surface area contributed by atoms with Crippen LogP contribution in [-0.4, -0.2) is 47.8 Å². The molecule has 0 atom stereocenters. The number of nitrogens with zero attached hydrogens (tertiary/aromatic N) is 4. The second-order valence-corrected chi connectivity index (χ2v) is 9.17. The monoisotopic (exact) mass is 506 g/mol. The first kappa shape index (κ1) is 24.6. The molecule has 1 fully saturated rings. The van der Waals surface area contributed by atoms with Gasteiger partial charge in [-0.25, -0.2) is 18.7 Å². The number of anilines is 3. The predicted octanol–water partition coefficient (Wildman–Crippen LogP) is 4.48. The van der Waals surface area contributed by atoms with E-state index in [9.17, 15) is 9.18 Å². The number of nitrogens with one attached hydrogen (secondary N) is 2. The summed E-state index contributed by atoms with van der Waals surface area (Å²) in [6.07, 6.45) is 2.65. The molecule has 3 heterocycles. The first-order chi connectivity index (χ1) is 17.9. The minimum Gasteiger partial charge on any atom is -0.495 e. The van der Waals surface area contributed by atoms with Crippen molar-refractivity contribution in [2.24, 2.45) is 0 Å². The van der Waals surface area contributed by atoms with Crippen LogP contribution in [0.4, 0.5) is 26.1 Å². The van der Waals surface area contributed by atoms with E-state index in [2.05, 4.69) is 25.5 Å². The number of pyridine rings is 1. The van der Waals surface area contributed by atoms with E-state index in [4.69, 9.17) is 4.74 Å². The maximum atomic E-state index is 15.1. The van der Waals surface area contributed by atoms with Crippen molar-refractivity contribution in [3.05, 3.63) is 70.6 Å². The number of ether oxygens (including phenoxy) is 1. The Bertz CT molecular complexity index is 1520. The van der Waals surface area contributed by atoms with Crippen molar-refractivity contribution in [3.8, 4) is 17.0 Å². The van der Waals surface area contributed by atoms with E-state index in [0.29, 0.717) is 17.0 Å². The van der Waals surface area contributed by atoms with Gasteiger partial charge in [-0.15, -0.1) is 0 Å². The highest BCUT2D eigenvalue weighted by Gasteiger charge is 2.18. The number of benzene rings is 2. The molecule has 2 aromatic heterocycles. The van der Waals surface area contributed by atoms with Crippen LogP contribution in [0.2, 0.25) is 0 Å². The van der Waals surface area contributed by atoms with Gasteiger partial charge in [0.1, 0.15) is 17.3 Å². The summed E-state index contributed by atoms with van der Waals surface area (Å²) in [5.74, 6) is -0.598. The molecule has 0 bridgehead atoms. The second kappa shape index (κ2) is 10.1. The van der Waals surface area contributed by atoms with Crippen molar-refractivity contribution in [3.63, 3.8) is 0 Å². The van der Waals surface area contributed by atoms with E-state index >= 15 is 4.39 Å². The van der Waals surface area contributed by atoms with Crippen LogP contribution in [0.15, 0.2) is 53.6 Å². The van der Waals surface area contributed by atoms with E-state index in [-0.39, 0.29) is 28.6 Å². The van der Waals surface area contributed by atoms with E-state index in [0.717, 1.165) is 44.1 Å². The fourth-order valence-corrected chi connectivity index (χ4v) is 4.62. The van der Waals surface area contributed by atoms with Gasteiger partial charge >= 0.3 is 0 Å². The van der Waals surface area contributed by atoms with Gasteiger partial charge in [0.25, 0.3) is 0 Å². The van der Waals surface area contributed by atoms with E-state index in [1.165, 1.54) is 6.07 Å². The SMILES string of the molecule is COc1cc(Nc2ncc(F)c(-c3cc(F)c4c(=O)ccn(C(C)C)c4c3)n2)ccc1N1CCNCC1. The molecule has 2 aromatic carbocycles. The molecular weight excluding hydrogens is 478 g/mol. The van der Waals surface area contributed by atoms with Crippen LogP contribution in [-0.2, 0) is 0 Å². The molecule has 37 heavy (non-hydrogen) atoms. The molecule has 0 saturated carbocycles. The quantitative estimate of drug-likeness (QED) is 0.399. The van der Waals surface area contributed by atoms with Gasteiger partial charge in [-0.2, -0.15) is 0 Å². The number of methoxy groups -OCH3 is 1. The minimum absolute atomic E-state index is 0.0376. The Morgan fingerprint density at radius 2 is 1.86 bits per heavy atom. The summed E-state index contributed by atoms with van der Waals surface area (Å²) in [6, 6.07) is 9.68. The fraction of sp³-hybridized carbons (Fsp3) is 0.296. The summed E-state index contributed by atoms with van der Waals surface area (Å²) in [5, 5.41) is 6.38. The van der Waals surface area contributed by atoms with Gasteiger partial charge < -0.3 is 24.8 Å². The molecule has 0 spiro atoms. The Morgan fingerprint density at radius 1 is 1.08 bits per heavy atom. The standard InChI is InChI=1S/C27H28F2N6O2/c1-16(2)35-9-6-23(36)25-19(28)12-17(13-22(25)35)26-20(29)15-31-27(33-26)32-18-4-5-21(24(14-18)37-3)34-10-7-30-8-11-34/h4-6,9,12-16,30H,7-8,10-11H2,1-3H3,(H,31,32,33). The molecule has 0 unspecified atom stereocenters. The number of hydrogen-bond donors (Lipinski definition) is 2. The number of rotatable bonds is 6. The van der Waals surface area contributed by atoms with Gasteiger partial charge in [-0.1, -0.05) is 0 Å². The average Bonchev–Trinajstić information content (AvgIpc) is 2.90. The molecule has 1 aliphatic heterocycles. The first-order valence-corrected chi connectivity index (χ1v) is 12.1. The number of piperazine rings is 1. The molecule has 1 saturated heterocycles. The highest BCUT2D eigenvalue weighted by molar-refractivity contribution is 5.85. The Hall–Kier alpha value is -4.05. The molecule has 0 amide bonds. The van der Waals surface area contributed by atoms with Crippen LogP contribution in [0.5, 0.6) is 5.75 Å². The number of aromatic nitrogens is 3. The van der Waals surface area contributed by atoms with Gasteiger partial charge in [0.2, 0.25) is 5.95 Å². The maximum Gasteiger partial charge on any atom is 0.227 e. The third kappa shape index (κ3) is 4.84. The molecule has 0 radical (unpaired) electrons. The Labute approximate surface area is 212 Å². The molecule has 4 aromatic rings. The van der Waals surface area contributed by atoms with Gasteiger partial charge in [0, 0.05) is 61.8 Å². The van der Waals surface area contributed by atoms with Gasteiger partial charge in [0.05, 0.1) is 29.9 Å². The summed E-state index contributed by atoms with van der Waals surface area (Å²) in [7, 11) is 1.61. The Balaban J connectivity index is 1.51. The zero-order chi connectivity index (χ0) is 26.1. The summed E-state index contributed by atoms with van der Waals surface area (Å²) < 4.78 is 37.3. The van der Waals surface area contributed by atoms with Crippen molar-refractivity contribution in [1.82, 2.24) is 19.9 Å².